The van der Waals surface area contributed by atoms with Crippen LogP contribution >= 0.6 is 11.3 Å². The monoisotopic (exact) mass is 240 g/mol. The Bertz CT molecular complexity index is 345. The average molecular weight is 240 g/mol. The standard InChI is InChI=1S/C12H20N2OS/c1-4-10(7-13)12(15)14(3)8-11-9(2)5-6-16-11/h5-6,10H,4,7-8,13H2,1-3H3. The molecule has 0 aliphatic heterocycles. The first-order valence-corrected chi connectivity index (χ1v) is 6.46. The molecule has 4 heteroatoms. The van der Waals surface area contributed by atoms with Crippen molar-refractivity contribution in [1.29, 1.82) is 0 Å². The van der Waals surface area contributed by atoms with Gasteiger partial charge in [-0.05, 0) is 30.4 Å². The van der Waals surface area contributed by atoms with Crippen LogP contribution in [0.25, 0.3) is 0 Å². The highest BCUT2D eigenvalue weighted by Gasteiger charge is 2.19. The van der Waals surface area contributed by atoms with Crippen molar-refractivity contribution in [2.75, 3.05) is 13.6 Å². The molecule has 1 rings (SSSR count). The number of aryl methyl sites for hydroxylation is 1. The third-order valence-corrected chi connectivity index (χ3v) is 3.86. The van der Waals surface area contributed by atoms with Crippen LogP contribution in [-0.2, 0) is 11.3 Å². The van der Waals surface area contributed by atoms with E-state index in [1.807, 2.05) is 14.0 Å². The lowest BCUT2D eigenvalue weighted by molar-refractivity contribution is -0.134. The summed E-state index contributed by atoms with van der Waals surface area (Å²) >= 11 is 1.70. The second-order valence-corrected chi connectivity index (χ2v) is 5.06. The van der Waals surface area contributed by atoms with Gasteiger partial charge >= 0.3 is 0 Å². The van der Waals surface area contributed by atoms with E-state index < -0.39 is 0 Å². The molecule has 3 nitrogen and oxygen atoms in total. The first-order valence-electron chi connectivity index (χ1n) is 5.58. The molecule has 90 valence electrons. The summed E-state index contributed by atoms with van der Waals surface area (Å²) in [5.41, 5.74) is 6.84. The maximum absolute atomic E-state index is 12.0. The first-order chi connectivity index (χ1) is 7.60. The van der Waals surface area contributed by atoms with Gasteiger partial charge in [0.05, 0.1) is 12.5 Å². The highest BCUT2D eigenvalue weighted by atomic mass is 32.1. The number of nitrogens with two attached hydrogens (primary N) is 1. The average Bonchev–Trinajstić information content (AvgIpc) is 2.66. The molecule has 0 aliphatic rings. The minimum absolute atomic E-state index is 0.0368. The van der Waals surface area contributed by atoms with E-state index in [0.29, 0.717) is 13.1 Å². The molecule has 0 aromatic carbocycles. The van der Waals surface area contributed by atoms with Gasteiger partial charge < -0.3 is 10.6 Å². The van der Waals surface area contributed by atoms with Crippen molar-refractivity contribution in [3.63, 3.8) is 0 Å². The summed E-state index contributed by atoms with van der Waals surface area (Å²) < 4.78 is 0. The largest absolute Gasteiger partial charge is 0.340 e. The van der Waals surface area contributed by atoms with E-state index in [-0.39, 0.29) is 11.8 Å². The van der Waals surface area contributed by atoms with E-state index in [4.69, 9.17) is 5.73 Å². The molecule has 1 amide bonds. The fourth-order valence-electron chi connectivity index (χ4n) is 1.61. The zero-order chi connectivity index (χ0) is 12.1. The van der Waals surface area contributed by atoms with Crippen LogP contribution in [-0.4, -0.2) is 24.4 Å². The second kappa shape index (κ2) is 6.01. The lowest BCUT2D eigenvalue weighted by Gasteiger charge is -2.21. The predicted molar refractivity (Wildman–Crippen MR) is 68.4 cm³/mol. The van der Waals surface area contributed by atoms with Gasteiger partial charge in [-0.15, -0.1) is 11.3 Å². The molecule has 0 spiro atoms. The minimum atomic E-state index is -0.0368. The number of rotatable bonds is 5. The summed E-state index contributed by atoms with van der Waals surface area (Å²) in [7, 11) is 1.85. The third kappa shape index (κ3) is 3.06. The van der Waals surface area contributed by atoms with Crippen LogP contribution in [0.5, 0.6) is 0 Å². The number of carbonyl (C=O) groups is 1. The molecular formula is C12H20N2OS. The predicted octanol–water partition coefficient (Wildman–Crippen LogP) is 2.00. The van der Waals surface area contributed by atoms with Crippen molar-refractivity contribution in [2.24, 2.45) is 11.7 Å². The van der Waals surface area contributed by atoms with Gasteiger partial charge in [-0.25, -0.2) is 0 Å². The van der Waals surface area contributed by atoms with Crippen LogP contribution < -0.4 is 5.73 Å². The Hall–Kier alpha value is -0.870. The van der Waals surface area contributed by atoms with E-state index in [0.717, 1.165) is 6.42 Å². The molecule has 2 N–H and O–H groups in total. The summed E-state index contributed by atoms with van der Waals surface area (Å²) in [6.45, 7) is 5.20. The summed E-state index contributed by atoms with van der Waals surface area (Å²) in [6, 6.07) is 2.08. The van der Waals surface area contributed by atoms with Crippen molar-refractivity contribution < 1.29 is 4.79 Å². The first kappa shape index (κ1) is 13.2. The Morgan fingerprint density at radius 2 is 2.31 bits per heavy atom. The molecular weight excluding hydrogens is 220 g/mol. The Morgan fingerprint density at radius 3 is 2.75 bits per heavy atom. The lowest BCUT2D eigenvalue weighted by Crippen LogP contribution is -2.35. The van der Waals surface area contributed by atoms with Gasteiger partial charge in [-0.3, -0.25) is 4.79 Å². The van der Waals surface area contributed by atoms with E-state index in [1.165, 1.54) is 10.4 Å². The van der Waals surface area contributed by atoms with Crippen molar-refractivity contribution in [1.82, 2.24) is 4.90 Å². The number of thiophene rings is 1. The summed E-state index contributed by atoms with van der Waals surface area (Å²) in [5.74, 6) is 0.114. The smallest absolute Gasteiger partial charge is 0.227 e. The molecule has 16 heavy (non-hydrogen) atoms. The number of carbonyl (C=O) groups excluding carboxylic acids is 1. The topological polar surface area (TPSA) is 46.3 Å². The van der Waals surface area contributed by atoms with Gasteiger partial charge in [-0.2, -0.15) is 0 Å². The zero-order valence-electron chi connectivity index (χ0n) is 10.2. The molecule has 1 unspecified atom stereocenters. The van der Waals surface area contributed by atoms with Gasteiger partial charge in [0.25, 0.3) is 0 Å². The van der Waals surface area contributed by atoms with Crippen LogP contribution in [0, 0.1) is 12.8 Å². The van der Waals surface area contributed by atoms with Crippen LogP contribution in [0.1, 0.15) is 23.8 Å². The molecule has 0 fully saturated rings. The summed E-state index contributed by atoms with van der Waals surface area (Å²) in [6.07, 6.45) is 0.809. The van der Waals surface area contributed by atoms with Gasteiger partial charge in [0, 0.05) is 18.5 Å². The van der Waals surface area contributed by atoms with Gasteiger partial charge in [-0.1, -0.05) is 6.92 Å². The number of hydrogen-bond donors (Lipinski definition) is 1. The van der Waals surface area contributed by atoms with E-state index in [9.17, 15) is 4.79 Å². The Balaban J connectivity index is 2.62. The number of amides is 1. The van der Waals surface area contributed by atoms with Crippen LogP contribution in [0.15, 0.2) is 11.4 Å². The van der Waals surface area contributed by atoms with Gasteiger partial charge in [0.2, 0.25) is 5.91 Å². The Kier molecular flexibility index (Phi) is 4.96. The van der Waals surface area contributed by atoms with E-state index in [2.05, 4.69) is 18.4 Å². The van der Waals surface area contributed by atoms with Crippen molar-refractivity contribution in [2.45, 2.75) is 26.8 Å². The molecule has 0 saturated carbocycles. The SMILES string of the molecule is CCC(CN)C(=O)N(C)Cc1sccc1C. The molecule has 0 aliphatic carbocycles. The van der Waals surface area contributed by atoms with E-state index in [1.54, 1.807) is 16.2 Å². The van der Waals surface area contributed by atoms with Crippen molar-refractivity contribution in [3.8, 4) is 0 Å². The quantitative estimate of drug-likeness (QED) is 0.855. The van der Waals surface area contributed by atoms with Crippen LogP contribution in [0.3, 0.4) is 0 Å². The highest BCUT2D eigenvalue weighted by molar-refractivity contribution is 7.10. The minimum Gasteiger partial charge on any atom is -0.340 e. The van der Waals surface area contributed by atoms with Gasteiger partial charge in [0.15, 0.2) is 0 Å². The van der Waals surface area contributed by atoms with Crippen LogP contribution in [0.4, 0.5) is 0 Å². The maximum Gasteiger partial charge on any atom is 0.227 e. The third-order valence-electron chi connectivity index (χ3n) is 2.85. The molecule has 1 aromatic heterocycles. The second-order valence-electron chi connectivity index (χ2n) is 4.06. The lowest BCUT2D eigenvalue weighted by atomic mass is 10.1. The fraction of sp³-hybridized carbons (Fsp3) is 0.583. The highest BCUT2D eigenvalue weighted by Crippen LogP contribution is 2.18. The van der Waals surface area contributed by atoms with Crippen LogP contribution in [0.2, 0.25) is 0 Å². The fourth-order valence-corrected chi connectivity index (χ4v) is 2.57. The molecule has 0 radical (unpaired) electrons. The molecule has 0 saturated heterocycles. The van der Waals surface area contributed by atoms with Gasteiger partial charge in [0.1, 0.15) is 0 Å². The maximum atomic E-state index is 12.0. The summed E-state index contributed by atoms with van der Waals surface area (Å²) in [5, 5.41) is 2.06. The zero-order valence-corrected chi connectivity index (χ0v) is 11.0. The molecule has 1 heterocycles. The van der Waals surface area contributed by atoms with Crippen molar-refractivity contribution in [3.05, 3.63) is 21.9 Å². The Labute approximate surface area is 101 Å². The molecule has 0 bridgehead atoms. The molecule has 1 aromatic rings. The molecule has 1 atom stereocenters. The number of hydrogen-bond acceptors (Lipinski definition) is 3. The number of nitrogens with zero attached hydrogens (tertiary/aromatic N) is 1. The Morgan fingerprint density at radius 1 is 1.62 bits per heavy atom. The van der Waals surface area contributed by atoms with E-state index >= 15 is 0 Å². The summed E-state index contributed by atoms with van der Waals surface area (Å²) in [4.78, 5) is 15.0. The normalized spacial score (nSPS) is 12.5. The van der Waals surface area contributed by atoms with Crippen molar-refractivity contribution >= 4 is 17.2 Å².